The highest BCUT2D eigenvalue weighted by Gasteiger charge is 2.33. The molecule has 1 aromatic carbocycles. The average molecular weight is 307 g/mol. The van der Waals surface area contributed by atoms with E-state index >= 15 is 0 Å². The number of benzene rings is 1. The Kier molecular flexibility index (Phi) is 3.90. The van der Waals surface area contributed by atoms with Crippen LogP contribution in [0, 0.1) is 6.92 Å². The Morgan fingerprint density at radius 2 is 2.29 bits per heavy atom. The van der Waals surface area contributed by atoms with Crippen LogP contribution in [0.4, 0.5) is 0 Å². The van der Waals surface area contributed by atoms with Gasteiger partial charge in [0.2, 0.25) is 11.8 Å². The Bertz CT molecular complexity index is 658. The van der Waals surface area contributed by atoms with Gasteiger partial charge in [-0.15, -0.1) is 0 Å². The van der Waals surface area contributed by atoms with Crippen LogP contribution in [-0.2, 0) is 11.3 Å². The highest BCUT2D eigenvalue weighted by molar-refractivity contribution is 6.31. The van der Waals surface area contributed by atoms with Gasteiger partial charge in [-0.3, -0.25) is 9.69 Å². The zero-order valence-corrected chi connectivity index (χ0v) is 12.3. The molecule has 110 valence electrons. The number of nitrogens with one attached hydrogen (secondary N) is 1. The normalized spacial score (nSPS) is 19.5. The zero-order chi connectivity index (χ0) is 14.8. The number of aryl methyl sites for hydroxylation is 1. The van der Waals surface area contributed by atoms with Crippen LogP contribution in [0.2, 0.25) is 5.02 Å². The molecule has 0 spiro atoms. The average Bonchev–Trinajstić information content (AvgIpc) is 2.86. The Morgan fingerprint density at radius 1 is 1.48 bits per heavy atom. The van der Waals surface area contributed by atoms with E-state index in [1.165, 1.54) is 0 Å². The van der Waals surface area contributed by atoms with E-state index in [1.807, 2.05) is 23.1 Å². The van der Waals surface area contributed by atoms with E-state index in [9.17, 15) is 4.79 Å². The van der Waals surface area contributed by atoms with Crippen LogP contribution in [0.3, 0.4) is 0 Å². The summed E-state index contributed by atoms with van der Waals surface area (Å²) >= 11 is 6.24. The molecule has 2 aromatic rings. The third-order valence-electron chi connectivity index (χ3n) is 3.42. The minimum atomic E-state index is -0.445. The Balaban J connectivity index is 1.90. The van der Waals surface area contributed by atoms with Crippen molar-refractivity contribution in [1.29, 1.82) is 0 Å². The van der Waals surface area contributed by atoms with Gasteiger partial charge in [0.1, 0.15) is 6.04 Å². The van der Waals surface area contributed by atoms with Crippen LogP contribution in [-0.4, -0.2) is 34.0 Å². The van der Waals surface area contributed by atoms with Gasteiger partial charge in [-0.25, -0.2) is 0 Å². The Hall–Kier alpha value is -1.92. The van der Waals surface area contributed by atoms with E-state index in [0.717, 1.165) is 5.56 Å². The van der Waals surface area contributed by atoms with Crippen LogP contribution in [0.5, 0.6) is 0 Å². The van der Waals surface area contributed by atoms with Crippen molar-refractivity contribution in [2.75, 3.05) is 13.1 Å². The molecule has 6 nitrogen and oxygen atoms in total. The topological polar surface area (TPSA) is 71.3 Å². The molecule has 1 N–H and O–H groups in total. The predicted octanol–water partition coefficient (Wildman–Crippen LogP) is 1.70. The molecule has 1 aliphatic heterocycles. The summed E-state index contributed by atoms with van der Waals surface area (Å²) in [7, 11) is 0. The summed E-state index contributed by atoms with van der Waals surface area (Å²) in [5.74, 6) is 1.02. The molecular weight excluding hydrogens is 292 g/mol. The summed E-state index contributed by atoms with van der Waals surface area (Å²) in [5.41, 5.74) is 0.785. The third-order valence-corrected chi connectivity index (χ3v) is 3.76. The molecule has 1 fully saturated rings. The molecule has 1 aliphatic rings. The molecule has 1 amide bonds. The van der Waals surface area contributed by atoms with Crippen molar-refractivity contribution >= 4 is 17.5 Å². The van der Waals surface area contributed by atoms with E-state index in [2.05, 4.69) is 15.5 Å². The van der Waals surface area contributed by atoms with Crippen LogP contribution in [0.25, 0.3) is 0 Å². The number of carbonyl (C=O) groups is 1. The van der Waals surface area contributed by atoms with Crippen molar-refractivity contribution in [3.8, 4) is 0 Å². The summed E-state index contributed by atoms with van der Waals surface area (Å²) in [6.45, 7) is 3.47. The lowest BCUT2D eigenvalue weighted by atomic mass is 10.0. The molecule has 1 aromatic heterocycles. The van der Waals surface area contributed by atoms with Gasteiger partial charge in [0.05, 0.1) is 6.54 Å². The number of nitrogens with zero attached hydrogens (tertiary/aromatic N) is 3. The molecule has 3 rings (SSSR count). The molecule has 1 atom stereocenters. The lowest BCUT2D eigenvalue weighted by Gasteiger charge is -2.34. The van der Waals surface area contributed by atoms with Gasteiger partial charge in [-0.1, -0.05) is 35.0 Å². The van der Waals surface area contributed by atoms with E-state index < -0.39 is 6.04 Å². The molecule has 0 bridgehead atoms. The summed E-state index contributed by atoms with van der Waals surface area (Å²) in [5, 5.41) is 7.23. The molecule has 0 saturated carbocycles. The van der Waals surface area contributed by atoms with Gasteiger partial charge in [0, 0.05) is 18.1 Å². The summed E-state index contributed by atoms with van der Waals surface area (Å²) in [6, 6.07) is 6.92. The van der Waals surface area contributed by atoms with Crippen LogP contribution in [0.15, 0.2) is 28.8 Å². The predicted molar refractivity (Wildman–Crippen MR) is 76.6 cm³/mol. The minimum absolute atomic E-state index is 0.0643. The molecule has 0 aliphatic carbocycles. The first-order valence-electron chi connectivity index (χ1n) is 6.70. The fraction of sp³-hybridized carbons (Fsp3) is 0.357. The maximum Gasteiger partial charge on any atom is 0.242 e. The minimum Gasteiger partial charge on any atom is -0.353 e. The highest BCUT2D eigenvalue weighted by atomic mass is 35.5. The van der Waals surface area contributed by atoms with E-state index in [4.69, 9.17) is 16.1 Å². The smallest absolute Gasteiger partial charge is 0.242 e. The van der Waals surface area contributed by atoms with Gasteiger partial charge >= 0.3 is 0 Å². The molecular formula is C14H15ClN4O2. The van der Waals surface area contributed by atoms with Crippen molar-refractivity contribution in [2.24, 2.45) is 0 Å². The number of hydrogen-bond acceptors (Lipinski definition) is 5. The fourth-order valence-corrected chi connectivity index (χ4v) is 2.74. The fourth-order valence-electron chi connectivity index (χ4n) is 2.50. The largest absolute Gasteiger partial charge is 0.353 e. The zero-order valence-electron chi connectivity index (χ0n) is 11.5. The SMILES string of the molecule is Cc1noc(CN2CCNC(=O)[C@@H]2c2ccccc2Cl)n1. The second kappa shape index (κ2) is 5.83. The van der Waals surface area contributed by atoms with Crippen molar-refractivity contribution in [3.63, 3.8) is 0 Å². The first-order chi connectivity index (χ1) is 10.1. The summed E-state index contributed by atoms with van der Waals surface area (Å²) in [6.07, 6.45) is 0. The van der Waals surface area contributed by atoms with Gasteiger partial charge in [0.15, 0.2) is 5.82 Å². The lowest BCUT2D eigenvalue weighted by Crippen LogP contribution is -2.49. The lowest BCUT2D eigenvalue weighted by molar-refractivity contribution is -0.129. The van der Waals surface area contributed by atoms with Crippen molar-refractivity contribution in [1.82, 2.24) is 20.4 Å². The van der Waals surface area contributed by atoms with Crippen LogP contribution < -0.4 is 5.32 Å². The number of rotatable bonds is 3. The van der Waals surface area contributed by atoms with Crippen LogP contribution in [0.1, 0.15) is 23.3 Å². The summed E-state index contributed by atoms with van der Waals surface area (Å²) < 4.78 is 5.15. The van der Waals surface area contributed by atoms with Crippen molar-refractivity contribution in [2.45, 2.75) is 19.5 Å². The monoisotopic (exact) mass is 306 g/mol. The molecule has 7 heteroatoms. The first-order valence-corrected chi connectivity index (χ1v) is 7.08. The Morgan fingerprint density at radius 3 is 3.00 bits per heavy atom. The van der Waals surface area contributed by atoms with Crippen molar-refractivity contribution in [3.05, 3.63) is 46.6 Å². The van der Waals surface area contributed by atoms with Crippen molar-refractivity contribution < 1.29 is 9.32 Å². The third kappa shape index (κ3) is 2.91. The second-order valence-corrected chi connectivity index (χ2v) is 5.33. The molecule has 0 radical (unpaired) electrons. The van der Waals surface area contributed by atoms with E-state index in [-0.39, 0.29) is 5.91 Å². The van der Waals surface area contributed by atoms with E-state index in [0.29, 0.717) is 36.4 Å². The maximum atomic E-state index is 12.3. The molecule has 1 saturated heterocycles. The highest BCUT2D eigenvalue weighted by Crippen LogP contribution is 2.30. The number of amides is 1. The standard InChI is InChI=1S/C14H15ClN4O2/c1-9-17-12(21-18-9)8-19-7-6-16-14(20)13(19)10-4-2-3-5-11(10)15/h2-5,13H,6-8H2,1H3,(H,16,20)/t13-/m0/s1. The second-order valence-electron chi connectivity index (χ2n) is 4.92. The van der Waals surface area contributed by atoms with Gasteiger partial charge in [-0.2, -0.15) is 4.98 Å². The number of halogens is 1. The number of carbonyl (C=O) groups excluding carboxylic acids is 1. The number of piperazine rings is 1. The Labute approximate surface area is 127 Å². The van der Waals surface area contributed by atoms with Gasteiger partial charge < -0.3 is 9.84 Å². The maximum absolute atomic E-state index is 12.3. The van der Waals surface area contributed by atoms with Gasteiger partial charge in [0.25, 0.3) is 0 Å². The first kappa shape index (κ1) is 14.0. The quantitative estimate of drug-likeness (QED) is 0.934. The molecule has 21 heavy (non-hydrogen) atoms. The number of aromatic nitrogens is 2. The van der Waals surface area contributed by atoms with Crippen LogP contribution >= 0.6 is 11.6 Å². The van der Waals surface area contributed by atoms with Gasteiger partial charge in [-0.05, 0) is 18.6 Å². The summed E-state index contributed by atoms with van der Waals surface area (Å²) in [4.78, 5) is 18.5. The molecule has 2 heterocycles. The molecule has 0 unspecified atom stereocenters. The van der Waals surface area contributed by atoms with E-state index in [1.54, 1.807) is 13.0 Å². The number of hydrogen-bond donors (Lipinski definition) is 1.